The van der Waals surface area contributed by atoms with Crippen molar-refractivity contribution in [1.82, 2.24) is 0 Å². The third-order valence-electron chi connectivity index (χ3n) is 2.36. The molecule has 0 aliphatic carbocycles. The van der Waals surface area contributed by atoms with Crippen LogP contribution in [0.25, 0.3) is 0 Å². The average Bonchev–Trinajstić information content (AvgIpc) is 2.34. The Hall–Kier alpha value is -1.58. The van der Waals surface area contributed by atoms with E-state index in [2.05, 4.69) is 27.8 Å². The first-order valence-electron chi connectivity index (χ1n) is 5.65. The highest BCUT2D eigenvalue weighted by atomic mass is 79.9. The fourth-order valence-corrected chi connectivity index (χ4v) is 2.00. The third-order valence-corrected chi connectivity index (χ3v) is 2.82. The number of rotatable bonds is 5. The van der Waals surface area contributed by atoms with Crippen LogP contribution < -0.4 is 4.74 Å². The fourth-order valence-electron chi connectivity index (χ4n) is 1.53. The van der Waals surface area contributed by atoms with E-state index < -0.39 is 11.0 Å². The lowest BCUT2D eigenvalue weighted by molar-refractivity contribution is -0.386. The van der Waals surface area contributed by atoms with Gasteiger partial charge in [0.25, 0.3) is 0 Å². The van der Waals surface area contributed by atoms with Crippen LogP contribution in [0.1, 0.15) is 31.9 Å². The van der Waals surface area contributed by atoms with Crippen LogP contribution in [0.15, 0.2) is 16.6 Å². The molecule has 0 aliphatic rings. The number of nitro benzene ring substituents is 1. The topological polar surface area (TPSA) is 72.6 Å². The minimum atomic E-state index is -0.858. The Morgan fingerprint density at radius 1 is 1.58 bits per heavy atom. The van der Waals surface area contributed by atoms with Crippen molar-refractivity contribution in [1.29, 1.82) is 0 Å². The summed E-state index contributed by atoms with van der Waals surface area (Å²) in [5.74, 6) is 5.63. The molecule has 0 amide bonds. The highest BCUT2D eigenvalue weighted by Crippen LogP contribution is 2.37. The van der Waals surface area contributed by atoms with Crippen LogP contribution in [0.2, 0.25) is 0 Å². The predicted molar refractivity (Wildman–Crippen MR) is 75.0 cm³/mol. The highest BCUT2D eigenvalue weighted by molar-refractivity contribution is 9.10. The molecule has 1 aromatic carbocycles. The standard InChI is InChI=1S/C13H14BrNO4/c1-3-4-5-6-19-13-11(9(2)16)7-10(14)8-12(13)15(17)18/h7-9,16H,5-6H2,1-2H3/t9-/m0/s1. The lowest BCUT2D eigenvalue weighted by Crippen LogP contribution is -2.05. The summed E-state index contributed by atoms with van der Waals surface area (Å²) < 4.78 is 5.95. The molecule has 0 aliphatic heterocycles. The number of aliphatic hydroxyl groups excluding tert-OH is 1. The summed E-state index contributed by atoms with van der Waals surface area (Å²) in [5.41, 5.74) is 0.209. The van der Waals surface area contributed by atoms with E-state index >= 15 is 0 Å². The zero-order valence-electron chi connectivity index (χ0n) is 10.6. The van der Waals surface area contributed by atoms with Crippen LogP contribution in [0, 0.1) is 22.0 Å². The molecule has 102 valence electrons. The van der Waals surface area contributed by atoms with Gasteiger partial charge in [-0.1, -0.05) is 15.9 Å². The van der Waals surface area contributed by atoms with Crippen molar-refractivity contribution in [3.8, 4) is 17.6 Å². The molecule has 1 N–H and O–H groups in total. The Bertz CT molecular complexity index is 531. The van der Waals surface area contributed by atoms with Gasteiger partial charge in [-0.2, -0.15) is 0 Å². The van der Waals surface area contributed by atoms with Gasteiger partial charge >= 0.3 is 5.69 Å². The molecule has 0 unspecified atom stereocenters. The quantitative estimate of drug-likeness (QED) is 0.390. The molecule has 0 spiro atoms. The molecule has 19 heavy (non-hydrogen) atoms. The Balaban J connectivity index is 3.14. The molecule has 5 nitrogen and oxygen atoms in total. The van der Waals surface area contributed by atoms with Gasteiger partial charge in [-0.05, 0) is 19.9 Å². The lowest BCUT2D eigenvalue weighted by Gasteiger charge is -2.13. The number of benzene rings is 1. The second-order valence-electron chi connectivity index (χ2n) is 3.80. The van der Waals surface area contributed by atoms with Crippen molar-refractivity contribution >= 4 is 21.6 Å². The van der Waals surface area contributed by atoms with Gasteiger partial charge in [-0.3, -0.25) is 10.1 Å². The van der Waals surface area contributed by atoms with Crippen molar-refractivity contribution < 1.29 is 14.8 Å². The molecular formula is C13H14BrNO4. The summed E-state index contributed by atoms with van der Waals surface area (Å²) in [4.78, 5) is 10.5. The molecule has 1 aromatic rings. The monoisotopic (exact) mass is 327 g/mol. The van der Waals surface area contributed by atoms with Crippen LogP contribution in [0.5, 0.6) is 5.75 Å². The van der Waals surface area contributed by atoms with Crippen molar-refractivity contribution in [2.24, 2.45) is 0 Å². The number of nitrogens with zero attached hydrogens (tertiary/aromatic N) is 1. The van der Waals surface area contributed by atoms with E-state index in [1.807, 2.05) is 0 Å². The Morgan fingerprint density at radius 3 is 2.79 bits per heavy atom. The van der Waals surface area contributed by atoms with Gasteiger partial charge in [-0.15, -0.1) is 11.8 Å². The minimum absolute atomic E-state index is 0.0982. The van der Waals surface area contributed by atoms with E-state index in [0.717, 1.165) is 0 Å². The molecule has 0 bridgehead atoms. The molecule has 0 fully saturated rings. The van der Waals surface area contributed by atoms with E-state index in [0.29, 0.717) is 16.5 Å². The Labute approximate surface area is 119 Å². The van der Waals surface area contributed by atoms with Gasteiger partial charge in [0, 0.05) is 22.5 Å². The van der Waals surface area contributed by atoms with Crippen molar-refractivity contribution in [2.75, 3.05) is 6.61 Å². The third kappa shape index (κ3) is 4.23. The van der Waals surface area contributed by atoms with Crippen molar-refractivity contribution in [3.63, 3.8) is 0 Å². The summed E-state index contributed by atoms with van der Waals surface area (Å²) in [6, 6.07) is 2.96. The van der Waals surface area contributed by atoms with Crippen LogP contribution in [0.3, 0.4) is 0 Å². The molecule has 0 saturated carbocycles. The Kier molecular flexibility index (Phi) is 5.80. The zero-order chi connectivity index (χ0) is 14.4. The first-order chi connectivity index (χ1) is 8.97. The van der Waals surface area contributed by atoms with Gasteiger partial charge < -0.3 is 9.84 Å². The minimum Gasteiger partial charge on any atom is -0.486 e. The summed E-state index contributed by atoms with van der Waals surface area (Å²) >= 11 is 3.18. The fraction of sp³-hybridized carbons (Fsp3) is 0.385. The van der Waals surface area contributed by atoms with Gasteiger partial charge in [0.2, 0.25) is 5.75 Å². The number of ether oxygens (including phenoxy) is 1. The van der Waals surface area contributed by atoms with Gasteiger partial charge in [0.05, 0.1) is 17.6 Å². The van der Waals surface area contributed by atoms with E-state index in [9.17, 15) is 15.2 Å². The van der Waals surface area contributed by atoms with Gasteiger partial charge in [0.1, 0.15) is 0 Å². The second kappa shape index (κ2) is 7.12. The van der Waals surface area contributed by atoms with E-state index in [-0.39, 0.29) is 18.0 Å². The number of hydrogen-bond acceptors (Lipinski definition) is 4. The summed E-state index contributed by atoms with van der Waals surface area (Å²) in [5, 5.41) is 20.7. The zero-order valence-corrected chi connectivity index (χ0v) is 12.2. The molecule has 0 saturated heterocycles. The molecular weight excluding hydrogens is 314 g/mol. The maximum atomic E-state index is 11.0. The first-order valence-corrected chi connectivity index (χ1v) is 6.45. The normalized spacial score (nSPS) is 11.4. The molecule has 1 atom stereocenters. The Morgan fingerprint density at radius 2 is 2.26 bits per heavy atom. The molecule has 0 aromatic heterocycles. The maximum absolute atomic E-state index is 11.0. The largest absolute Gasteiger partial charge is 0.486 e. The number of hydrogen-bond donors (Lipinski definition) is 1. The SMILES string of the molecule is CC#CCCOc1c([C@H](C)O)cc(Br)cc1[N+](=O)[O-]. The van der Waals surface area contributed by atoms with Crippen LogP contribution in [-0.4, -0.2) is 16.6 Å². The molecule has 6 heteroatoms. The van der Waals surface area contributed by atoms with Crippen molar-refractivity contribution in [2.45, 2.75) is 26.4 Å². The van der Waals surface area contributed by atoms with Crippen LogP contribution in [-0.2, 0) is 0 Å². The predicted octanol–water partition coefficient (Wildman–Crippen LogP) is 3.20. The van der Waals surface area contributed by atoms with Crippen LogP contribution in [0.4, 0.5) is 5.69 Å². The van der Waals surface area contributed by atoms with Crippen LogP contribution >= 0.6 is 15.9 Å². The van der Waals surface area contributed by atoms with Gasteiger partial charge in [0.15, 0.2) is 0 Å². The van der Waals surface area contributed by atoms with Gasteiger partial charge in [-0.25, -0.2) is 0 Å². The number of nitro groups is 1. The number of halogens is 1. The maximum Gasteiger partial charge on any atom is 0.312 e. The summed E-state index contributed by atoms with van der Waals surface area (Å²) in [7, 11) is 0. The average molecular weight is 328 g/mol. The lowest BCUT2D eigenvalue weighted by atomic mass is 10.1. The summed E-state index contributed by atoms with van der Waals surface area (Å²) in [6.07, 6.45) is -0.383. The summed E-state index contributed by atoms with van der Waals surface area (Å²) in [6.45, 7) is 3.48. The van der Waals surface area contributed by atoms with E-state index in [1.165, 1.54) is 13.0 Å². The molecule has 1 rings (SSSR count). The first kappa shape index (κ1) is 15.5. The van der Waals surface area contributed by atoms with Crippen molar-refractivity contribution in [3.05, 3.63) is 32.3 Å². The smallest absolute Gasteiger partial charge is 0.312 e. The second-order valence-corrected chi connectivity index (χ2v) is 4.72. The van der Waals surface area contributed by atoms with E-state index in [4.69, 9.17) is 4.74 Å². The molecule has 0 radical (unpaired) electrons. The highest BCUT2D eigenvalue weighted by Gasteiger charge is 2.23. The van der Waals surface area contributed by atoms with E-state index in [1.54, 1.807) is 13.0 Å². The number of aliphatic hydroxyl groups is 1. The molecule has 0 heterocycles.